The summed E-state index contributed by atoms with van der Waals surface area (Å²) in [6.45, 7) is 8.76. The quantitative estimate of drug-likeness (QED) is 0.267. The van der Waals surface area contributed by atoms with Crippen LogP contribution in [0.25, 0.3) is 0 Å². The maximum atomic E-state index is 10.9. The first-order valence-corrected chi connectivity index (χ1v) is 10.3. The molecule has 0 spiro atoms. The van der Waals surface area contributed by atoms with Crippen molar-refractivity contribution in [2.75, 3.05) is 18.1 Å². The van der Waals surface area contributed by atoms with Crippen molar-refractivity contribution in [2.24, 2.45) is 5.92 Å². The van der Waals surface area contributed by atoms with Crippen LogP contribution in [0, 0.1) is 5.92 Å². The Morgan fingerprint density at radius 3 is 2.35 bits per heavy atom. The largest absolute Gasteiger partial charge is 0.352 e. The summed E-state index contributed by atoms with van der Waals surface area (Å²) in [5.41, 5.74) is 0. The summed E-state index contributed by atoms with van der Waals surface area (Å²) in [7, 11) is 3.77. The van der Waals surface area contributed by atoms with E-state index in [2.05, 4.69) is 25.7 Å². The minimum absolute atomic E-state index is 0. The second kappa shape index (κ2) is 15.3. The molecule has 0 radical (unpaired) electrons. The predicted molar refractivity (Wildman–Crippen MR) is 97.4 cm³/mol. The van der Waals surface area contributed by atoms with Gasteiger partial charge < -0.3 is 5.32 Å². The van der Waals surface area contributed by atoms with Gasteiger partial charge in [-0.25, -0.2) is 0 Å². The zero-order chi connectivity index (χ0) is 15.1. The molecule has 20 heavy (non-hydrogen) atoms. The first-order chi connectivity index (χ1) is 9.66. The van der Waals surface area contributed by atoms with Gasteiger partial charge in [-0.2, -0.15) is 0 Å². The van der Waals surface area contributed by atoms with Crippen LogP contribution in [-0.4, -0.2) is 24.0 Å². The summed E-state index contributed by atoms with van der Waals surface area (Å²) in [5.74, 6) is 2.98. The van der Waals surface area contributed by atoms with Gasteiger partial charge in [-0.05, 0) is 18.4 Å². The molecule has 0 aliphatic heterocycles. The van der Waals surface area contributed by atoms with Crippen LogP contribution in [0.4, 0.5) is 0 Å². The Hall–Kier alpha value is -0.0900. The van der Waals surface area contributed by atoms with Crippen LogP contribution >= 0.6 is 21.6 Å². The zero-order valence-corrected chi connectivity index (χ0v) is 14.8. The van der Waals surface area contributed by atoms with E-state index in [0.717, 1.165) is 18.2 Å². The highest BCUT2D eigenvalue weighted by atomic mass is 33.1. The molecule has 0 rings (SSSR count). The fourth-order valence-electron chi connectivity index (χ4n) is 1.83. The molecular formula is C16H33NOS2. The Balaban J connectivity index is 0. The van der Waals surface area contributed by atoms with Crippen molar-refractivity contribution in [2.45, 2.75) is 58.8 Å². The molecule has 0 aliphatic carbocycles. The van der Waals surface area contributed by atoms with Gasteiger partial charge in [0.15, 0.2) is 0 Å². The van der Waals surface area contributed by atoms with Gasteiger partial charge in [0.1, 0.15) is 0 Å². The average Bonchev–Trinajstić information content (AvgIpc) is 2.43. The Morgan fingerprint density at radius 2 is 1.70 bits per heavy atom. The molecule has 0 bridgehead atoms. The van der Waals surface area contributed by atoms with E-state index in [1.165, 1.54) is 56.8 Å². The van der Waals surface area contributed by atoms with Gasteiger partial charge in [-0.15, -0.1) is 0 Å². The monoisotopic (exact) mass is 319 g/mol. The molecule has 0 aromatic rings. The first kappa shape index (κ1) is 19.9. The number of rotatable bonds is 14. The number of hydrogen-bond acceptors (Lipinski definition) is 3. The van der Waals surface area contributed by atoms with E-state index in [9.17, 15) is 4.79 Å². The molecule has 2 nitrogen and oxygen atoms in total. The van der Waals surface area contributed by atoms with Gasteiger partial charge in [0, 0.05) is 19.5 Å². The lowest BCUT2D eigenvalue weighted by molar-refractivity contribution is -0.116. The van der Waals surface area contributed by atoms with Crippen LogP contribution in [0.15, 0.2) is 12.7 Å². The second-order valence-electron chi connectivity index (χ2n) is 5.44. The number of nitrogens with one attached hydrogen (secondary N) is 1. The van der Waals surface area contributed by atoms with E-state index in [1.807, 2.05) is 21.6 Å². The SMILES string of the molecule is C=CC(=O)NCCSSCCCCCCCCC(C)C.[HH]. The molecular weight excluding hydrogens is 286 g/mol. The second-order valence-corrected chi connectivity index (χ2v) is 8.15. The molecule has 120 valence electrons. The van der Waals surface area contributed by atoms with Crippen LogP contribution in [0.1, 0.15) is 60.2 Å². The molecule has 4 heteroatoms. The zero-order valence-electron chi connectivity index (χ0n) is 13.2. The highest BCUT2D eigenvalue weighted by molar-refractivity contribution is 8.76. The predicted octanol–water partition coefficient (Wildman–Crippen LogP) is 5.30. The first-order valence-electron chi connectivity index (χ1n) is 7.81. The molecule has 0 saturated heterocycles. The van der Waals surface area contributed by atoms with Gasteiger partial charge >= 0.3 is 0 Å². The van der Waals surface area contributed by atoms with E-state index >= 15 is 0 Å². The van der Waals surface area contributed by atoms with Crippen molar-refractivity contribution in [3.05, 3.63) is 12.7 Å². The summed E-state index contributed by atoms with van der Waals surface area (Å²) in [4.78, 5) is 10.9. The van der Waals surface area contributed by atoms with E-state index < -0.39 is 0 Å². The lowest BCUT2D eigenvalue weighted by Gasteiger charge is -2.04. The third-order valence-electron chi connectivity index (χ3n) is 3.01. The van der Waals surface area contributed by atoms with Crippen LogP contribution in [0.2, 0.25) is 0 Å². The van der Waals surface area contributed by atoms with Crippen LogP contribution < -0.4 is 5.32 Å². The number of unbranched alkanes of at least 4 members (excludes halogenated alkanes) is 5. The molecule has 0 unspecified atom stereocenters. The minimum atomic E-state index is -0.0759. The summed E-state index contributed by atoms with van der Waals surface area (Å²) in [6, 6.07) is 0. The van der Waals surface area contributed by atoms with Gasteiger partial charge in [-0.1, -0.05) is 80.5 Å². The Morgan fingerprint density at radius 1 is 1.10 bits per heavy atom. The molecule has 0 aromatic heterocycles. The van der Waals surface area contributed by atoms with Crippen molar-refractivity contribution in [3.8, 4) is 0 Å². The fraction of sp³-hybridized carbons (Fsp3) is 0.812. The van der Waals surface area contributed by atoms with Crippen LogP contribution in [0.5, 0.6) is 0 Å². The molecule has 0 aromatic carbocycles. The molecule has 1 amide bonds. The minimum Gasteiger partial charge on any atom is -0.352 e. The average molecular weight is 320 g/mol. The molecule has 0 fully saturated rings. The van der Waals surface area contributed by atoms with Crippen molar-refractivity contribution >= 4 is 27.5 Å². The maximum absolute atomic E-state index is 10.9. The summed E-state index contributed by atoms with van der Waals surface area (Å²) >= 11 is 0. The lowest BCUT2D eigenvalue weighted by Crippen LogP contribution is -2.23. The Labute approximate surface area is 134 Å². The standard InChI is InChI=1S/C16H31NOS2.H2/c1-4-16(18)17-12-14-20-19-13-10-8-6-5-7-9-11-15(2)3;/h4,15H,1,5-14H2,2-3H3,(H,17,18);1H. The fourth-order valence-corrected chi connectivity index (χ4v) is 3.88. The van der Waals surface area contributed by atoms with Crippen molar-refractivity contribution in [3.63, 3.8) is 0 Å². The van der Waals surface area contributed by atoms with E-state index in [-0.39, 0.29) is 7.33 Å². The van der Waals surface area contributed by atoms with Gasteiger partial charge in [0.25, 0.3) is 0 Å². The van der Waals surface area contributed by atoms with Crippen LogP contribution in [-0.2, 0) is 4.79 Å². The van der Waals surface area contributed by atoms with Crippen molar-refractivity contribution in [1.29, 1.82) is 0 Å². The van der Waals surface area contributed by atoms with Crippen LogP contribution in [0.3, 0.4) is 0 Å². The highest BCUT2D eigenvalue weighted by Crippen LogP contribution is 2.22. The molecule has 1 N–H and O–H groups in total. The van der Waals surface area contributed by atoms with E-state index in [0.29, 0.717) is 0 Å². The van der Waals surface area contributed by atoms with Gasteiger partial charge in [0.2, 0.25) is 5.91 Å². The maximum Gasteiger partial charge on any atom is 0.243 e. The number of amides is 1. The number of carbonyl (C=O) groups is 1. The third kappa shape index (κ3) is 16.0. The molecule has 0 atom stereocenters. The van der Waals surface area contributed by atoms with E-state index in [1.54, 1.807) is 0 Å². The Kier molecular flexibility index (Phi) is 15.2. The number of hydrogen-bond donors (Lipinski definition) is 1. The number of carbonyl (C=O) groups excluding carboxylic acids is 1. The molecule has 0 aliphatic rings. The Bertz CT molecular complexity index is 250. The third-order valence-corrected chi connectivity index (χ3v) is 5.51. The molecule has 0 saturated carbocycles. The normalized spacial score (nSPS) is 10.8. The van der Waals surface area contributed by atoms with Gasteiger partial charge in [0.05, 0.1) is 0 Å². The summed E-state index contributed by atoms with van der Waals surface area (Å²) in [5, 5.41) is 2.78. The van der Waals surface area contributed by atoms with Crippen molar-refractivity contribution < 1.29 is 6.22 Å². The van der Waals surface area contributed by atoms with E-state index in [4.69, 9.17) is 0 Å². The smallest absolute Gasteiger partial charge is 0.243 e. The van der Waals surface area contributed by atoms with Gasteiger partial charge in [-0.3, -0.25) is 4.79 Å². The topological polar surface area (TPSA) is 29.1 Å². The summed E-state index contributed by atoms with van der Waals surface area (Å²) < 4.78 is 0. The lowest BCUT2D eigenvalue weighted by atomic mass is 10.0. The van der Waals surface area contributed by atoms with Crippen molar-refractivity contribution in [1.82, 2.24) is 5.32 Å². The molecule has 0 heterocycles. The highest BCUT2D eigenvalue weighted by Gasteiger charge is 1.96. The summed E-state index contributed by atoms with van der Waals surface area (Å²) in [6.07, 6.45) is 11.0.